The van der Waals surface area contributed by atoms with Crippen molar-refractivity contribution in [2.45, 2.75) is 59.3 Å². The van der Waals surface area contributed by atoms with Crippen molar-refractivity contribution >= 4 is 0 Å². The first-order valence-corrected chi connectivity index (χ1v) is 6.68. The maximum absolute atomic E-state index is 6.50. The summed E-state index contributed by atoms with van der Waals surface area (Å²) in [6, 6.07) is 7.01. The van der Waals surface area contributed by atoms with Crippen LogP contribution in [0.15, 0.2) is 18.2 Å². The SMILES string of the molecule is C#N.CCCCCc1cc(CC)ccc1CC. The Morgan fingerprint density at radius 2 is 1.65 bits per heavy atom. The van der Waals surface area contributed by atoms with Crippen LogP contribution in [0.1, 0.15) is 56.7 Å². The molecule has 0 bridgehead atoms. The van der Waals surface area contributed by atoms with Gasteiger partial charge >= 0.3 is 0 Å². The Hall–Kier alpha value is -1.29. The van der Waals surface area contributed by atoms with Crippen LogP contribution in [0.2, 0.25) is 0 Å². The van der Waals surface area contributed by atoms with Gasteiger partial charge in [0.2, 0.25) is 0 Å². The van der Waals surface area contributed by atoms with Gasteiger partial charge in [-0.05, 0) is 42.4 Å². The van der Waals surface area contributed by atoms with Gasteiger partial charge in [0.15, 0.2) is 0 Å². The Labute approximate surface area is 106 Å². The fourth-order valence-corrected chi connectivity index (χ4v) is 2.04. The Bertz CT molecular complexity index is 326. The Morgan fingerprint density at radius 3 is 2.18 bits per heavy atom. The molecule has 1 nitrogen and oxygen atoms in total. The van der Waals surface area contributed by atoms with Gasteiger partial charge in [0.25, 0.3) is 0 Å². The van der Waals surface area contributed by atoms with Gasteiger partial charge in [0, 0.05) is 6.57 Å². The summed E-state index contributed by atoms with van der Waals surface area (Å²) in [5.74, 6) is 0. The molecular weight excluding hydrogens is 206 g/mol. The zero-order valence-electron chi connectivity index (χ0n) is 11.5. The smallest absolute Gasteiger partial charge is 0.0462 e. The molecular formula is C16H25N. The second-order valence-corrected chi connectivity index (χ2v) is 4.27. The zero-order valence-corrected chi connectivity index (χ0v) is 11.5. The number of nitrogens with zero attached hydrogens (tertiary/aromatic N) is 1. The first-order valence-electron chi connectivity index (χ1n) is 6.68. The van der Waals surface area contributed by atoms with Crippen molar-refractivity contribution in [2.24, 2.45) is 0 Å². The van der Waals surface area contributed by atoms with Gasteiger partial charge in [-0.3, -0.25) is 0 Å². The molecule has 94 valence electrons. The van der Waals surface area contributed by atoms with Crippen molar-refractivity contribution in [2.75, 3.05) is 0 Å². The summed E-state index contributed by atoms with van der Waals surface area (Å²) < 4.78 is 0. The highest BCUT2D eigenvalue weighted by Gasteiger charge is 2.01. The number of benzene rings is 1. The summed E-state index contributed by atoms with van der Waals surface area (Å²) in [6.45, 7) is 10.3. The van der Waals surface area contributed by atoms with Crippen molar-refractivity contribution in [3.05, 3.63) is 34.9 Å². The maximum atomic E-state index is 6.50. The van der Waals surface area contributed by atoms with E-state index in [1.54, 1.807) is 11.1 Å². The molecule has 0 aliphatic carbocycles. The molecule has 0 saturated heterocycles. The molecule has 0 N–H and O–H groups in total. The molecule has 0 saturated carbocycles. The number of nitriles is 1. The van der Waals surface area contributed by atoms with E-state index in [-0.39, 0.29) is 0 Å². The molecule has 0 atom stereocenters. The van der Waals surface area contributed by atoms with E-state index in [9.17, 15) is 0 Å². The van der Waals surface area contributed by atoms with E-state index >= 15 is 0 Å². The molecule has 0 heterocycles. The standard InChI is InChI=1S/C15H24.CHN/c1-4-7-8-9-15-12-13(5-2)10-11-14(15)6-3;1-2/h10-12H,4-9H2,1-3H3;1H. The van der Waals surface area contributed by atoms with Crippen molar-refractivity contribution in [1.82, 2.24) is 0 Å². The van der Waals surface area contributed by atoms with E-state index in [0.717, 1.165) is 6.42 Å². The molecule has 0 amide bonds. The van der Waals surface area contributed by atoms with Crippen LogP contribution >= 0.6 is 0 Å². The van der Waals surface area contributed by atoms with Gasteiger partial charge in [-0.2, -0.15) is 0 Å². The molecule has 0 fully saturated rings. The van der Waals surface area contributed by atoms with Crippen molar-refractivity contribution in [3.8, 4) is 6.57 Å². The van der Waals surface area contributed by atoms with Gasteiger partial charge in [-0.15, -0.1) is 0 Å². The van der Waals surface area contributed by atoms with Gasteiger partial charge in [0.1, 0.15) is 0 Å². The van der Waals surface area contributed by atoms with Crippen molar-refractivity contribution in [3.63, 3.8) is 0 Å². The largest absolute Gasteiger partial charge is 0.202 e. The lowest BCUT2D eigenvalue weighted by molar-refractivity contribution is 0.713. The molecule has 1 rings (SSSR count). The highest BCUT2D eigenvalue weighted by molar-refractivity contribution is 5.32. The third-order valence-electron chi connectivity index (χ3n) is 3.11. The molecule has 0 unspecified atom stereocenters. The fourth-order valence-electron chi connectivity index (χ4n) is 2.04. The Morgan fingerprint density at radius 1 is 0.941 bits per heavy atom. The van der Waals surface area contributed by atoms with Crippen LogP contribution in [0, 0.1) is 11.8 Å². The monoisotopic (exact) mass is 231 g/mol. The molecule has 1 aromatic carbocycles. The van der Waals surface area contributed by atoms with E-state index in [4.69, 9.17) is 5.26 Å². The predicted molar refractivity (Wildman–Crippen MR) is 75.1 cm³/mol. The summed E-state index contributed by atoms with van der Waals surface area (Å²) in [7, 11) is 0. The molecule has 0 spiro atoms. The van der Waals surface area contributed by atoms with Gasteiger partial charge in [0.05, 0.1) is 0 Å². The average Bonchev–Trinajstić information content (AvgIpc) is 2.41. The topological polar surface area (TPSA) is 23.8 Å². The number of hydrogen-bond acceptors (Lipinski definition) is 1. The number of unbranched alkanes of at least 4 members (excludes halogenated alkanes) is 2. The summed E-state index contributed by atoms with van der Waals surface area (Å²) in [5.41, 5.74) is 4.62. The number of hydrogen-bond donors (Lipinski definition) is 0. The van der Waals surface area contributed by atoms with Crippen LogP contribution in [0.25, 0.3) is 0 Å². The molecule has 0 radical (unpaired) electrons. The van der Waals surface area contributed by atoms with E-state index in [1.165, 1.54) is 37.7 Å². The van der Waals surface area contributed by atoms with Gasteiger partial charge in [-0.25, -0.2) is 5.26 Å². The lowest BCUT2D eigenvalue weighted by Gasteiger charge is -2.09. The van der Waals surface area contributed by atoms with Crippen LogP contribution in [-0.2, 0) is 19.3 Å². The number of rotatable bonds is 6. The molecule has 0 aromatic heterocycles. The first-order chi connectivity index (χ1) is 8.31. The lowest BCUT2D eigenvalue weighted by Crippen LogP contribution is -1.95. The van der Waals surface area contributed by atoms with Crippen molar-refractivity contribution < 1.29 is 0 Å². The maximum Gasteiger partial charge on any atom is 0.0462 e. The van der Waals surface area contributed by atoms with E-state index in [0.29, 0.717) is 0 Å². The quantitative estimate of drug-likeness (QED) is 0.652. The first kappa shape index (κ1) is 15.7. The lowest BCUT2D eigenvalue weighted by atomic mass is 9.96. The summed E-state index contributed by atoms with van der Waals surface area (Å²) in [6.07, 6.45) is 7.62. The van der Waals surface area contributed by atoms with E-state index in [1.807, 2.05) is 0 Å². The fraction of sp³-hybridized carbons (Fsp3) is 0.562. The normalized spacial score (nSPS) is 9.47. The molecule has 17 heavy (non-hydrogen) atoms. The third-order valence-corrected chi connectivity index (χ3v) is 3.11. The summed E-state index contributed by atoms with van der Waals surface area (Å²) in [4.78, 5) is 0. The predicted octanol–water partition coefficient (Wildman–Crippen LogP) is 4.68. The molecule has 1 heteroatoms. The summed E-state index contributed by atoms with van der Waals surface area (Å²) >= 11 is 0. The van der Waals surface area contributed by atoms with Crippen molar-refractivity contribution in [1.29, 1.82) is 5.26 Å². The molecule has 0 aliphatic rings. The highest BCUT2D eigenvalue weighted by Crippen LogP contribution is 2.16. The van der Waals surface area contributed by atoms with E-state index in [2.05, 4.69) is 45.5 Å². The van der Waals surface area contributed by atoms with Crippen LogP contribution < -0.4 is 0 Å². The summed E-state index contributed by atoms with van der Waals surface area (Å²) in [5, 5.41) is 6.50. The second-order valence-electron chi connectivity index (χ2n) is 4.27. The second kappa shape index (κ2) is 9.90. The highest BCUT2D eigenvalue weighted by atomic mass is 14.2. The minimum atomic E-state index is 1.16. The zero-order chi connectivity index (χ0) is 13.1. The Balaban J connectivity index is 0.00000121. The van der Waals surface area contributed by atoms with Gasteiger partial charge < -0.3 is 0 Å². The van der Waals surface area contributed by atoms with E-state index < -0.39 is 0 Å². The third kappa shape index (κ3) is 5.54. The average molecular weight is 231 g/mol. The van der Waals surface area contributed by atoms with Crippen LogP contribution in [0.4, 0.5) is 0 Å². The Kier molecular flexibility index (Phi) is 9.15. The van der Waals surface area contributed by atoms with Crippen LogP contribution in [0.5, 0.6) is 0 Å². The molecule has 0 aliphatic heterocycles. The minimum Gasteiger partial charge on any atom is -0.202 e. The number of aryl methyl sites for hydroxylation is 3. The van der Waals surface area contributed by atoms with Gasteiger partial charge in [-0.1, -0.05) is 51.8 Å². The minimum absolute atomic E-state index is 1.16. The van der Waals surface area contributed by atoms with Crippen LogP contribution in [-0.4, -0.2) is 0 Å². The molecule has 1 aromatic rings. The van der Waals surface area contributed by atoms with Crippen LogP contribution in [0.3, 0.4) is 0 Å².